The molecule has 1 N–H and O–H groups in total. The highest BCUT2D eigenvalue weighted by atomic mass is 35.5. The Morgan fingerprint density at radius 2 is 2.18 bits per heavy atom. The van der Waals surface area contributed by atoms with Gasteiger partial charge in [0, 0.05) is 22.0 Å². The van der Waals surface area contributed by atoms with Crippen molar-refractivity contribution >= 4 is 28.0 Å². The van der Waals surface area contributed by atoms with Gasteiger partial charge in [-0.2, -0.15) is 5.26 Å². The number of benzene rings is 1. The molecule has 0 unspecified atom stereocenters. The number of hydrogen-bond acceptors (Lipinski definition) is 3. The smallest absolute Gasteiger partial charge is 0.0669 e. The fraction of sp³-hybridized carbons (Fsp3) is 0.222. The van der Waals surface area contributed by atoms with Crippen molar-refractivity contribution in [2.75, 3.05) is 5.32 Å². The molecule has 0 amide bonds. The first kappa shape index (κ1) is 16.1. The third-order valence-electron chi connectivity index (χ3n) is 3.23. The second-order valence-corrected chi connectivity index (χ2v) is 5.38. The van der Waals surface area contributed by atoms with E-state index in [1.807, 2.05) is 50.3 Å². The Hall–Kier alpha value is -2.31. The Labute approximate surface area is 136 Å². The molecule has 2 aromatic rings. The first-order valence-corrected chi connectivity index (χ1v) is 7.57. The zero-order chi connectivity index (χ0) is 15.9. The lowest BCUT2D eigenvalue weighted by Crippen LogP contribution is -1.96. The quantitative estimate of drug-likeness (QED) is 0.826. The number of nitrogens with one attached hydrogen (secondary N) is 1. The van der Waals surface area contributed by atoms with E-state index in [-0.39, 0.29) is 0 Å². The first-order valence-electron chi connectivity index (χ1n) is 7.19. The molecule has 0 saturated heterocycles. The molecular weight excluding hydrogens is 294 g/mol. The van der Waals surface area contributed by atoms with Gasteiger partial charge in [0.05, 0.1) is 24.4 Å². The van der Waals surface area contributed by atoms with Gasteiger partial charge >= 0.3 is 0 Å². The predicted octanol–water partition coefficient (Wildman–Crippen LogP) is 5.19. The monoisotopic (exact) mass is 311 g/mol. The van der Waals surface area contributed by atoms with Gasteiger partial charge in [0.2, 0.25) is 0 Å². The molecule has 2 rings (SSSR count). The van der Waals surface area contributed by atoms with Crippen molar-refractivity contribution in [3.05, 3.63) is 59.4 Å². The van der Waals surface area contributed by atoms with Gasteiger partial charge in [-0.05, 0) is 37.1 Å². The summed E-state index contributed by atoms with van der Waals surface area (Å²) in [5, 5.41) is 12.8. The number of hydrogen-bond donors (Lipinski definition) is 1. The molecule has 0 atom stereocenters. The molecule has 0 bridgehead atoms. The van der Waals surface area contributed by atoms with E-state index in [0.29, 0.717) is 6.42 Å². The second kappa shape index (κ2) is 7.63. The molecule has 112 valence electrons. The van der Waals surface area contributed by atoms with Crippen LogP contribution in [0.15, 0.2) is 42.6 Å². The SMILES string of the molecule is CC/C=C(/Cl)c1cc(Nc2cccc(CC#N)c2)cnc1C. The molecule has 22 heavy (non-hydrogen) atoms. The first-order chi connectivity index (χ1) is 10.6. The third-order valence-corrected chi connectivity index (χ3v) is 3.58. The summed E-state index contributed by atoms with van der Waals surface area (Å²) in [5.74, 6) is 0. The van der Waals surface area contributed by atoms with Crippen molar-refractivity contribution in [2.45, 2.75) is 26.7 Å². The molecule has 0 spiro atoms. The van der Waals surface area contributed by atoms with Crippen LogP contribution < -0.4 is 5.32 Å². The van der Waals surface area contributed by atoms with Crippen LogP contribution in [0.5, 0.6) is 0 Å². The molecule has 0 aliphatic heterocycles. The Balaban J connectivity index is 2.27. The fourth-order valence-electron chi connectivity index (χ4n) is 2.15. The highest BCUT2D eigenvalue weighted by Crippen LogP contribution is 2.26. The Morgan fingerprint density at radius 3 is 2.91 bits per heavy atom. The Kier molecular flexibility index (Phi) is 5.57. The van der Waals surface area contributed by atoms with Crippen LogP contribution >= 0.6 is 11.6 Å². The summed E-state index contributed by atoms with van der Waals surface area (Å²) in [7, 11) is 0. The summed E-state index contributed by atoms with van der Waals surface area (Å²) in [6, 6.07) is 11.9. The van der Waals surface area contributed by atoms with Crippen LogP contribution in [0.3, 0.4) is 0 Å². The Morgan fingerprint density at radius 1 is 1.36 bits per heavy atom. The lowest BCUT2D eigenvalue weighted by molar-refractivity contribution is 1.18. The van der Waals surface area contributed by atoms with Crippen molar-refractivity contribution in [2.24, 2.45) is 0 Å². The van der Waals surface area contributed by atoms with E-state index in [4.69, 9.17) is 16.9 Å². The lowest BCUT2D eigenvalue weighted by Gasteiger charge is -2.10. The Bertz CT molecular complexity index is 729. The van der Waals surface area contributed by atoms with Crippen LogP contribution in [0.1, 0.15) is 30.2 Å². The maximum Gasteiger partial charge on any atom is 0.0669 e. The largest absolute Gasteiger partial charge is 0.354 e. The summed E-state index contributed by atoms with van der Waals surface area (Å²) in [6.07, 6.45) is 5.04. The summed E-state index contributed by atoms with van der Waals surface area (Å²) in [6.45, 7) is 3.99. The van der Waals surface area contributed by atoms with E-state index in [0.717, 1.165) is 39.6 Å². The molecule has 0 fully saturated rings. The van der Waals surface area contributed by atoms with Gasteiger partial charge in [-0.3, -0.25) is 4.98 Å². The fourth-order valence-corrected chi connectivity index (χ4v) is 2.50. The summed E-state index contributed by atoms with van der Waals surface area (Å²) in [5.41, 5.74) is 4.62. The van der Waals surface area contributed by atoms with Gasteiger partial charge in [0.1, 0.15) is 0 Å². The minimum atomic E-state index is 0.401. The average Bonchev–Trinajstić information content (AvgIpc) is 2.50. The number of nitriles is 1. The minimum absolute atomic E-state index is 0.401. The maximum absolute atomic E-state index is 8.78. The van der Waals surface area contributed by atoms with Gasteiger partial charge in [-0.15, -0.1) is 0 Å². The maximum atomic E-state index is 8.78. The van der Waals surface area contributed by atoms with Crippen molar-refractivity contribution in [3.63, 3.8) is 0 Å². The van der Waals surface area contributed by atoms with Crippen molar-refractivity contribution in [1.82, 2.24) is 4.98 Å². The standard InChI is InChI=1S/C18H18ClN3/c1-3-5-18(19)17-11-16(12-21-13(17)2)22-15-7-4-6-14(10-15)8-9-20/h4-7,10-12,22H,3,8H2,1-2H3/b18-5+. The number of pyridine rings is 1. The van der Waals surface area contributed by atoms with E-state index in [2.05, 4.69) is 16.4 Å². The summed E-state index contributed by atoms with van der Waals surface area (Å²) >= 11 is 6.31. The molecule has 3 nitrogen and oxygen atoms in total. The van der Waals surface area contributed by atoms with Crippen LogP contribution in [-0.4, -0.2) is 4.98 Å². The predicted molar refractivity (Wildman–Crippen MR) is 92.1 cm³/mol. The molecule has 1 heterocycles. The van der Waals surface area contributed by atoms with Crippen LogP contribution in [0.2, 0.25) is 0 Å². The molecule has 1 aromatic heterocycles. The summed E-state index contributed by atoms with van der Waals surface area (Å²) < 4.78 is 0. The van der Waals surface area contributed by atoms with Crippen LogP contribution in [0, 0.1) is 18.3 Å². The number of allylic oxidation sites excluding steroid dienone is 1. The third kappa shape index (κ3) is 4.09. The second-order valence-electron chi connectivity index (χ2n) is 4.98. The minimum Gasteiger partial charge on any atom is -0.354 e. The number of aryl methyl sites for hydroxylation is 1. The topological polar surface area (TPSA) is 48.7 Å². The van der Waals surface area contributed by atoms with Crippen LogP contribution in [0.25, 0.3) is 5.03 Å². The highest BCUT2D eigenvalue weighted by molar-refractivity contribution is 6.48. The highest BCUT2D eigenvalue weighted by Gasteiger charge is 2.06. The van der Waals surface area contributed by atoms with Crippen LogP contribution in [-0.2, 0) is 6.42 Å². The average molecular weight is 312 g/mol. The van der Waals surface area contributed by atoms with E-state index in [1.165, 1.54) is 0 Å². The number of rotatable bonds is 5. The zero-order valence-electron chi connectivity index (χ0n) is 12.7. The lowest BCUT2D eigenvalue weighted by atomic mass is 10.1. The molecule has 1 aromatic carbocycles. The van der Waals surface area contributed by atoms with Crippen molar-refractivity contribution < 1.29 is 0 Å². The van der Waals surface area contributed by atoms with Gasteiger partial charge in [-0.1, -0.05) is 36.7 Å². The van der Waals surface area contributed by atoms with Gasteiger partial charge in [-0.25, -0.2) is 0 Å². The van der Waals surface area contributed by atoms with E-state index in [9.17, 15) is 0 Å². The molecular formula is C18H18ClN3. The number of aromatic nitrogens is 1. The number of anilines is 2. The number of nitrogens with zero attached hydrogens (tertiary/aromatic N) is 2. The van der Waals surface area contributed by atoms with E-state index in [1.54, 1.807) is 6.20 Å². The summed E-state index contributed by atoms with van der Waals surface area (Å²) in [4.78, 5) is 4.40. The van der Waals surface area contributed by atoms with Crippen LogP contribution in [0.4, 0.5) is 11.4 Å². The normalized spacial score (nSPS) is 11.1. The van der Waals surface area contributed by atoms with Gasteiger partial charge in [0.25, 0.3) is 0 Å². The van der Waals surface area contributed by atoms with Gasteiger partial charge in [0.15, 0.2) is 0 Å². The molecule has 0 radical (unpaired) electrons. The molecule has 0 aliphatic carbocycles. The van der Waals surface area contributed by atoms with Crippen molar-refractivity contribution in [1.29, 1.82) is 5.26 Å². The van der Waals surface area contributed by atoms with Gasteiger partial charge < -0.3 is 5.32 Å². The zero-order valence-corrected chi connectivity index (χ0v) is 13.5. The molecule has 4 heteroatoms. The molecule has 0 aliphatic rings. The molecule has 0 saturated carbocycles. The van der Waals surface area contributed by atoms with E-state index >= 15 is 0 Å². The number of halogens is 1. The van der Waals surface area contributed by atoms with Crippen molar-refractivity contribution in [3.8, 4) is 6.07 Å². The van der Waals surface area contributed by atoms with E-state index < -0.39 is 0 Å².